The number of hydrogen-bond acceptors (Lipinski definition) is 2. The summed E-state index contributed by atoms with van der Waals surface area (Å²) in [6, 6.07) is 0. The number of hydrogen-bond donors (Lipinski definition) is 0. The van der Waals surface area contributed by atoms with Crippen molar-refractivity contribution < 1.29 is 9.53 Å². The minimum atomic E-state index is -0.0191. The Labute approximate surface area is 113 Å². The van der Waals surface area contributed by atoms with Crippen molar-refractivity contribution in [3.05, 3.63) is 0 Å². The highest BCUT2D eigenvalue weighted by Crippen LogP contribution is 2.18. The second-order valence-electron chi connectivity index (χ2n) is 6.24. The Morgan fingerprint density at radius 1 is 0.944 bits per heavy atom. The molecule has 2 heteroatoms. The molecule has 0 aromatic heterocycles. The van der Waals surface area contributed by atoms with Gasteiger partial charge in [-0.1, -0.05) is 47.5 Å². The Bertz CT molecular complexity index is 209. The Morgan fingerprint density at radius 3 is 2.06 bits per heavy atom. The number of rotatable bonds is 10. The zero-order chi connectivity index (χ0) is 14.0. The van der Waals surface area contributed by atoms with Crippen LogP contribution in [-0.2, 0) is 9.53 Å². The van der Waals surface area contributed by atoms with E-state index < -0.39 is 0 Å². The lowest BCUT2D eigenvalue weighted by molar-refractivity contribution is -0.145. The summed E-state index contributed by atoms with van der Waals surface area (Å²) in [5.41, 5.74) is 0. The molecule has 0 saturated heterocycles. The lowest BCUT2D eigenvalue weighted by Crippen LogP contribution is -2.15. The molecule has 2 nitrogen and oxygen atoms in total. The van der Waals surface area contributed by atoms with E-state index in [-0.39, 0.29) is 5.97 Å². The van der Waals surface area contributed by atoms with Gasteiger partial charge in [-0.3, -0.25) is 4.79 Å². The first-order valence-electron chi connectivity index (χ1n) is 7.61. The molecule has 1 unspecified atom stereocenters. The minimum Gasteiger partial charge on any atom is -0.465 e. The van der Waals surface area contributed by atoms with E-state index in [1.165, 1.54) is 25.7 Å². The smallest absolute Gasteiger partial charge is 0.305 e. The van der Waals surface area contributed by atoms with Gasteiger partial charge < -0.3 is 4.74 Å². The van der Waals surface area contributed by atoms with Gasteiger partial charge >= 0.3 is 5.97 Å². The van der Waals surface area contributed by atoms with Gasteiger partial charge in [0.2, 0.25) is 0 Å². The number of carbonyl (C=O) groups excluding carboxylic acids is 1. The molecule has 0 amide bonds. The average Bonchev–Trinajstić information content (AvgIpc) is 2.29. The molecule has 108 valence electrons. The Kier molecular flexibility index (Phi) is 10.1. The molecule has 18 heavy (non-hydrogen) atoms. The summed E-state index contributed by atoms with van der Waals surface area (Å²) in [6.45, 7) is 11.6. The summed E-state index contributed by atoms with van der Waals surface area (Å²) in [4.78, 5) is 11.6. The summed E-state index contributed by atoms with van der Waals surface area (Å²) < 4.78 is 5.40. The van der Waals surface area contributed by atoms with E-state index in [1.807, 2.05) is 0 Å². The first-order valence-corrected chi connectivity index (χ1v) is 7.61. The predicted octanol–water partition coefficient (Wildman–Crippen LogP) is 4.82. The molecule has 0 bridgehead atoms. The van der Waals surface area contributed by atoms with E-state index in [1.54, 1.807) is 0 Å². The van der Waals surface area contributed by atoms with Gasteiger partial charge in [-0.25, -0.2) is 0 Å². The fourth-order valence-corrected chi connectivity index (χ4v) is 1.98. The molecule has 0 aliphatic heterocycles. The topological polar surface area (TPSA) is 26.3 Å². The highest BCUT2D eigenvalue weighted by Gasteiger charge is 2.12. The third kappa shape index (κ3) is 10.6. The van der Waals surface area contributed by atoms with E-state index in [4.69, 9.17) is 4.74 Å². The molecule has 0 spiro atoms. The lowest BCUT2D eigenvalue weighted by Gasteiger charge is -2.17. The Morgan fingerprint density at radius 2 is 1.56 bits per heavy atom. The summed E-state index contributed by atoms with van der Waals surface area (Å²) in [5.74, 6) is 1.85. The maximum absolute atomic E-state index is 11.6. The maximum atomic E-state index is 11.6. The van der Waals surface area contributed by atoms with Gasteiger partial charge in [0.15, 0.2) is 0 Å². The zero-order valence-corrected chi connectivity index (χ0v) is 13.0. The number of carbonyl (C=O) groups is 1. The predicted molar refractivity (Wildman–Crippen MR) is 77.5 cm³/mol. The fraction of sp³-hybridized carbons (Fsp3) is 0.938. The SMILES string of the molecule is CCCC(CCC(C)C)COC(=O)CCC(C)C. The summed E-state index contributed by atoms with van der Waals surface area (Å²) in [7, 11) is 0. The van der Waals surface area contributed by atoms with Crippen LogP contribution in [0.1, 0.15) is 73.1 Å². The van der Waals surface area contributed by atoms with Crippen molar-refractivity contribution in [2.75, 3.05) is 6.61 Å². The minimum absolute atomic E-state index is 0.0191. The normalized spacial score (nSPS) is 13.1. The molecule has 0 N–H and O–H groups in total. The Balaban J connectivity index is 3.83. The molecule has 0 radical (unpaired) electrons. The van der Waals surface area contributed by atoms with Crippen LogP contribution in [0.5, 0.6) is 0 Å². The molecule has 0 aromatic rings. The second-order valence-corrected chi connectivity index (χ2v) is 6.24. The van der Waals surface area contributed by atoms with Crippen LogP contribution in [0.15, 0.2) is 0 Å². The second kappa shape index (κ2) is 10.4. The van der Waals surface area contributed by atoms with E-state index in [0.717, 1.165) is 12.3 Å². The highest BCUT2D eigenvalue weighted by atomic mass is 16.5. The molecule has 1 atom stereocenters. The molecule has 0 aliphatic carbocycles. The molecular formula is C16H32O2. The van der Waals surface area contributed by atoms with Crippen molar-refractivity contribution in [2.45, 2.75) is 73.1 Å². The number of ether oxygens (including phenoxy) is 1. The van der Waals surface area contributed by atoms with Crippen LogP contribution in [0.25, 0.3) is 0 Å². The van der Waals surface area contributed by atoms with Crippen LogP contribution in [0.2, 0.25) is 0 Å². The highest BCUT2D eigenvalue weighted by molar-refractivity contribution is 5.69. The van der Waals surface area contributed by atoms with Crippen molar-refractivity contribution in [1.29, 1.82) is 0 Å². The van der Waals surface area contributed by atoms with Crippen molar-refractivity contribution >= 4 is 5.97 Å². The van der Waals surface area contributed by atoms with E-state index in [2.05, 4.69) is 34.6 Å². The van der Waals surface area contributed by atoms with Gasteiger partial charge in [0.1, 0.15) is 0 Å². The summed E-state index contributed by atoms with van der Waals surface area (Å²) >= 11 is 0. The molecule has 0 heterocycles. The largest absolute Gasteiger partial charge is 0.465 e. The van der Waals surface area contributed by atoms with Gasteiger partial charge in [0.05, 0.1) is 6.61 Å². The van der Waals surface area contributed by atoms with Crippen molar-refractivity contribution in [3.63, 3.8) is 0 Å². The molecule has 0 rings (SSSR count). The van der Waals surface area contributed by atoms with Gasteiger partial charge in [0.25, 0.3) is 0 Å². The van der Waals surface area contributed by atoms with Crippen LogP contribution in [-0.4, -0.2) is 12.6 Å². The average molecular weight is 256 g/mol. The van der Waals surface area contributed by atoms with E-state index in [0.29, 0.717) is 24.9 Å². The van der Waals surface area contributed by atoms with Crippen molar-refractivity contribution in [3.8, 4) is 0 Å². The van der Waals surface area contributed by atoms with Crippen molar-refractivity contribution in [2.24, 2.45) is 17.8 Å². The van der Waals surface area contributed by atoms with Crippen LogP contribution in [0, 0.1) is 17.8 Å². The first-order chi connectivity index (χ1) is 8.45. The van der Waals surface area contributed by atoms with Gasteiger partial charge in [0, 0.05) is 6.42 Å². The summed E-state index contributed by atoms with van der Waals surface area (Å²) in [6.07, 6.45) is 6.26. The van der Waals surface area contributed by atoms with Gasteiger partial charge in [-0.2, -0.15) is 0 Å². The monoisotopic (exact) mass is 256 g/mol. The van der Waals surface area contributed by atoms with E-state index in [9.17, 15) is 4.79 Å². The Hall–Kier alpha value is -0.530. The van der Waals surface area contributed by atoms with E-state index >= 15 is 0 Å². The molecular weight excluding hydrogens is 224 g/mol. The third-order valence-corrected chi connectivity index (χ3v) is 3.26. The molecule has 0 saturated carbocycles. The van der Waals surface area contributed by atoms with Gasteiger partial charge in [-0.05, 0) is 37.0 Å². The molecule has 0 aromatic carbocycles. The lowest BCUT2D eigenvalue weighted by atomic mass is 9.95. The van der Waals surface area contributed by atoms with Crippen LogP contribution < -0.4 is 0 Å². The van der Waals surface area contributed by atoms with Crippen LogP contribution in [0.4, 0.5) is 0 Å². The first kappa shape index (κ1) is 17.5. The van der Waals surface area contributed by atoms with Crippen LogP contribution >= 0.6 is 0 Å². The third-order valence-electron chi connectivity index (χ3n) is 3.26. The van der Waals surface area contributed by atoms with Crippen LogP contribution in [0.3, 0.4) is 0 Å². The molecule has 0 fully saturated rings. The van der Waals surface area contributed by atoms with Gasteiger partial charge in [-0.15, -0.1) is 0 Å². The summed E-state index contributed by atoms with van der Waals surface area (Å²) in [5, 5.41) is 0. The quantitative estimate of drug-likeness (QED) is 0.524. The zero-order valence-electron chi connectivity index (χ0n) is 13.0. The fourth-order valence-electron chi connectivity index (χ4n) is 1.98. The number of esters is 1. The molecule has 0 aliphatic rings. The maximum Gasteiger partial charge on any atom is 0.305 e. The standard InChI is InChI=1S/C16H32O2/c1-6-7-15(10-8-13(2)3)12-18-16(17)11-9-14(4)5/h13-15H,6-12H2,1-5H3. The van der Waals surface area contributed by atoms with Crippen molar-refractivity contribution in [1.82, 2.24) is 0 Å².